The molecule has 29 heavy (non-hydrogen) atoms. The average molecular weight is 536 g/mol. The van der Waals surface area contributed by atoms with Crippen LogP contribution in [0.2, 0.25) is 0 Å². The van der Waals surface area contributed by atoms with Gasteiger partial charge in [0.2, 0.25) is 0 Å². The van der Waals surface area contributed by atoms with Crippen molar-refractivity contribution in [2.24, 2.45) is 0 Å². The second-order valence-corrected chi connectivity index (χ2v) is 5.06. The van der Waals surface area contributed by atoms with Crippen molar-refractivity contribution >= 4 is 21.9 Å². The predicted octanol–water partition coefficient (Wildman–Crippen LogP) is 3.12. The van der Waals surface area contributed by atoms with E-state index in [9.17, 15) is 13.2 Å². The minimum absolute atomic E-state index is 0. The third-order valence-electron chi connectivity index (χ3n) is 1.39. The van der Waals surface area contributed by atoms with Gasteiger partial charge in [0, 0.05) is 40.4 Å². The zero-order valence-electron chi connectivity index (χ0n) is 14.6. The number of hydrogen-bond acceptors (Lipinski definition) is 4. The smallest absolute Gasteiger partial charge is 0.0312 e. The Labute approximate surface area is 197 Å². The molecule has 0 unspecified atom stereocenters. The van der Waals surface area contributed by atoms with E-state index >= 15 is 0 Å². The molecule has 0 N–H and O–H groups in total. The van der Waals surface area contributed by atoms with Crippen molar-refractivity contribution in [1.29, 1.82) is 0 Å². The summed E-state index contributed by atoms with van der Waals surface area (Å²) in [5.41, 5.74) is -5.65. The van der Waals surface area contributed by atoms with Crippen molar-refractivity contribution in [3.63, 3.8) is 0 Å². The molecule has 13 heteroatoms. The first kappa shape index (κ1) is 47.1. The molecule has 10 radical (unpaired) electrons. The van der Waals surface area contributed by atoms with Gasteiger partial charge in [-0.15, -0.1) is 0 Å². The molecule has 2 aliphatic carbocycles. The largest absolute Gasteiger partial charge is 0.128 e. The molecule has 0 atom stereocenters. The fraction of sp³-hybridized carbons (Fsp3) is 0.125. The third kappa shape index (κ3) is 52.5. The summed E-state index contributed by atoms with van der Waals surface area (Å²) in [7, 11) is -6.09. The molecule has 164 valence electrons. The summed E-state index contributed by atoms with van der Waals surface area (Å²) in [6.45, 7) is 13.5. The Hall–Kier alpha value is 0.179. The molecule has 2 saturated carbocycles. The first-order valence-electron chi connectivity index (χ1n) is 5.91. The van der Waals surface area contributed by atoms with E-state index in [1.165, 1.54) is 11.8 Å². The van der Waals surface area contributed by atoms with Crippen molar-refractivity contribution in [3.8, 4) is 0 Å². The quantitative estimate of drug-likeness (QED) is 0.156. The topological polar surface area (TPSA) is 117 Å². The van der Waals surface area contributed by atoms with Gasteiger partial charge in [0.1, 0.15) is 6.26 Å². The molecule has 6 nitrogen and oxygen atoms in total. The summed E-state index contributed by atoms with van der Waals surface area (Å²) in [4.78, 5) is 0. The monoisotopic (exact) mass is 536 g/mol. The molecule has 0 aromatic carbocycles. The third-order valence-corrected chi connectivity index (χ3v) is 1.96. The van der Waals surface area contributed by atoms with Crippen LogP contribution in [0.25, 0.3) is 0 Å². The number of halogens is 3. The van der Waals surface area contributed by atoms with Gasteiger partial charge in [-0.1, -0.05) is 0 Å². The Morgan fingerprint density at radius 2 is 0.828 bits per heavy atom. The van der Waals surface area contributed by atoms with E-state index in [4.69, 9.17) is 26.9 Å². The Balaban J connectivity index is -0.0000000413. The molecule has 0 aliphatic heterocycles. The van der Waals surface area contributed by atoms with Gasteiger partial charge in [0.25, 0.3) is 0 Å². The number of rotatable bonds is 0. The first-order valence-corrected chi connectivity index (χ1v) is 8.72. The van der Waals surface area contributed by atoms with Crippen LogP contribution in [-0.2, 0) is 58.2 Å². The van der Waals surface area contributed by atoms with E-state index in [0.717, 1.165) is 0 Å². The molecule has 0 spiro atoms. The molecule has 0 bridgehead atoms. The predicted molar refractivity (Wildman–Crippen MR) is 89.4 cm³/mol. The van der Waals surface area contributed by atoms with E-state index in [2.05, 4.69) is 26.2 Å². The summed E-state index contributed by atoms with van der Waals surface area (Å²) in [5, 5.41) is 0. The molecule has 0 aromatic rings. The maximum absolute atomic E-state index is 10.7. The molecule has 2 aliphatic rings. The molecular weight excluding hydrogens is 521 g/mol. The summed E-state index contributed by atoms with van der Waals surface area (Å²) < 4.78 is 81.4. The van der Waals surface area contributed by atoms with E-state index in [0.29, 0.717) is 0 Å². The van der Waals surface area contributed by atoms with Crippen molar-refractivity contribution < 1.29 is 74.2 Å². The van der Waals surface area contributed by atoms with Crippen LogP contribution < -0.4 is 0 Å². The minimum atomic E-state index is -6.09. The van der Waals surface area contributed by atoms with E-state index < -0.39 is 15.6 Å². The number of thioether (sulfide) groups is 1. The van der Waals surface area contributed by atoms with Crippen LogP contribution in [0.5, 0.6) is 0 Å². The summed E-state index contributed by atoms with van der Waals surface area (Å²) in [6.07, 6.45) is 25.3. The molecule has 0 heterocycles. The fourth-order valence-corrected chi connectivity index (χ4v) is 0.642. The molecule has 0 amide bonds. The molecule has 2 rings (SSSR count). The maximum atomic E-state index is 10.7. The average Bonchev–Trinajstić information content (AvgIpc) is 3.38. The van der Waals surface area contributed by atoms with Crippen LogP contribution in [0.1, 0.15) is 0 Å². The summed E-state index contributed by atoms with van der Waals surface area (Å²) >= 11 is 1.50. The van der Waals surface area contributed by atoms with Crippen LogP contribution in [0.15, 0.2) is 0 Å². The van der Waals surface area contributed by atoms with E-state index in [1.54, 1.807) is 0 Å². The molecule has 2 fully saturated rings. The second-order valence-electron chi connectivity index (χ2n) is 3.11. The SMILES string of the molecule is O=S(=O)([O-])C(F)(F)F.[C-]#[O+].[C-]#[O+].[C-]#[O+].[CH2+]SC.[CH]1[CH][CH][CH][CH]1.[CH]1[CH][CH][CH][CH]1.[Fe].[Fe]. The van der Waals surface area contributed by atoms with Crippen molar-refractivity contribution in [3.05, 3.63) is 90.4 Å². The van der Waals surface area contributed by atoms with Crippen LogP contribution in [-0.4, -0.2) is 24.7 Å². The van der Waals surface area contributed by atoms with E-state index in [-0.39, 0.29) is 34.1 Å². The second kappa shape index (κ2) is 38.7. The van der Waals surface area contributed by atoms with Crippen LogP contribution >= 0.6 is 11.8 Å². The Bertz CT molecular complexity index is 395. The maximum Gasteiger partial charge on any atom is 0.128 e. The van der Waals surface area contributed by atoms with Gasteiger partial charge in [-0.3, -0.25) is 0 Å². The standard InChI is InChI=1S/2C5H5.C2H5S.CHF3O3S.3CO.2Fe/c2*1-2-4-5-3-1;1-3-2;2-1(3,4)8(5,6)7;3*1-2;;/h2*1-5H;1H2,2H3;(H,5,6,7);;;;;/q;;+1;;;;;;/p-1. The number of hydrogen-bond donors (Lipinski definition) is 0. The van der Waals surface area contributed by atoms with Crippen LogP contribution in [0.4, 0.5) is 13.2 Å². The van der Waals surface area contributed by atoms with Gasteiger partial charge in [0.05, 0.1) is 11.8 Å². The fourth-order valence-electron chi connectivity index (χ4n) is 0.642. The Kier molecular flexibility index (Phi) is 62.9. The molecule has 0 saturated heterocycles. The van der Waals surface area contributed by atoms with Crippen LogP contribution in [0.3, 0.4) is 0 Å². The number of alkyl halides is 3. The van der Waals surface area contributed by atoms with Gasteiger partial charge in [-0.2, -0.15) is 13.2 Å². The van der Waals surface area contributed by atoms with Gasteiger partial charge in [-0.05, 0) is 64.2 Å². The van der Waals surface area contributed by atoms with Gasteiger partial charge in [-0.25, -0.2) is 8.42 Å². The van der Waals surface area contributed by atoms with Crippen LogP contribution in [0, 0.1) is 90.4 Å². The van der Waals surface area contributed by atoms with E-state index in [1.807, 2.05) is 70.5 Å². The van der Waals surface area contributed by atoms with Crippen molar-refractivity contribution in [2.75, 3.05) is 6.26 Å². The van der Waals surface area contributed by atoms with Gasteiger partial charge in [0.15, 0.2) is 10.1 Å². The minimum Gasteiger partial charge on any atom is -0.0312 e. The van der Waals surface area contributed by atoms with Crippen molar-refractivity contribution in [1.82, 2.24) is 0 Å². The Morgan fingerprint density at radius 3 is 0.862 bits per heavy atom. The zero-order chi connectivity index (χ0) is 22.8. The van der Waals surface area contributed by atoms with Gasteiger partial charge < -0.3 is 4.55 Å². The normalized spacial score (nSPS) is 12.9. The molecule has 0 aromatic heterocycles. The van der Waals surface area contributed by atoms with Gasteiger partial charge >= 0.3 is 39.4 Å². The van der Waals surface area contributed by atoms with Crippen molar-refractivity contribution in [2.45, 2.75) is 5.51 Å². The molecular formula is C16H15F3Fe2O6S2. The Morgan fingerprint density at radius 1 is 0.759 bits per heavy atom. The zero-order valence-corrected chi connectivity index (χ0v) is 18.4. The summed E-state index contributed by atoms with van der Waals surface area (Å²) in [5.74, 6) is 0. The summed E-state index contributed by atoms with van der Waals surface area (Å²) in [6, 6.07) is 0. The first-order chi connectivity index (χ1) is 12.7.